The first kappa shape index (κ1) is 17.7. The molecule has 5 rings (SSSR count). The zero-order chi connectivity index (χ0) is 19.8. The fourth-order valence-electron chi connectivity index (χ4n) is 3.13. The number of para-hydroxylation sites is 3. The summed E-state index contributed by atoms with van der Waals surface area (Å²) in [5, 5.41) is 0.369. The standard InChI is InChI=1S/C21H15FN2O4S/c22-14-6-3-9-18-19(14)23-21(29-18)24(11-13-5-4-10-26-13)20(25)17-12-27-15-7-1-2-8-16(15)28-17/h1-10,17H,11-12H2. The third-order valence-corrected chi connectivity index (χ3v) is 5.58. The SMILES string of the molecule is O=C(C1COc2ccccc2O1)N(Cc1ccco1)c1nc2c(F)cccc2s1. The lowest BCUT2D eigenvalue weighted by Crippen LogP contribution is -2.46. The van der Waals surface area contributed by atoms with Crippen LogP contribution in [0, 0.1) is 5.82 Å². The highest BCUT2D eigenvalue weighted by Gasteiger charge is 2.33. The Morgan fingerprint density at radius 2 is 2.00 bits per heavy atom. The molecule has 0 spiro atoms. The minimum Gasteiger partial charge on any atom is -0.485 e. The molecule has 2 aromatic heterocycles. The van der Waals surface area contributed by atoms with E-state index in [0.717, 1.165) is 0 Å². The number of hydrogen-bond acceptors (Lipinski definition) is 6. The summed E-state index contributed by atoms with van der Waals surface area (Å²) in [7, 11) is 0. The lowest BCUT2D eigenvalue weighted by Gasteiger charge is -2.29. The Labute approximate surface area is 169 Å². The zero-order valence-corrected chi connectivity index (χ0v) is 15.9. The molecule has 0 radical (unpaired) electrons. The number of carbonyl (C=O) groups is 1. The van der Waals surface area contributed by atoms with Crippen molar-refractivity contribution in [2.24, 2.45) is 0 Å². The number of rotatable bonds is 4. The predicted octanol–water partition coefficient (Wildman–Crippen LogP) is 4.40. The van der Waals surface area contributed by atoms with Gasteiger partial charge >= 0.3 is 0 Å². The second kappa shape index (κ2) is 7.21. The molecule has 0 N–H and O–H groups in total. The maximum absolute atomic E-state index is 14.1. The summed E-state index contributed by atoms with van der Waals surface area (Å²) in [4.78, 5) is 19.2. The smallest absolute Gasteiger partial charge is 0.273 e. The Hall–Kier alpha value is -3.39. The highest BCUT2D eigenvalue weighted by atomic mass is 32.1. The highest BCUT2D eigenvalue weighted by molar-refractivity contribution is 7.22. The fraction of sp³-hybridized carbons (Fsp3) is 0.143. The molecule has 2 aromatic carbocycles. The summed E-state index contributed by atoms with van der Waals surface area (Å²) in [5.74, 6) is 0.911. The van der Waals surface area contributed by atoms with E-state index in [2.05, 4.69) is 4.98 Å². The second-order valence-electron chi connectivity index (χ2n) is 6.45. The summed E-state index contributed by atoms with van der Waals surface area (Å²) < 4.78 is 31.8. The molecule has 8 heteroatoms. The number of anilines is 1. The topological polar surface area (TPSA) is 64.8 Å². The van der Waals surface area contributed by atoms with Crippen molar-refractivity contribution in [3.8, 4) is 11.5 Å². The van der Waals surface area contributed by atoms with Crippen molar-refractivity contribution < 1.29 is 23.1 Å². The van der Waals surface area contributed by atoms with Gasteiger partial charge in [-0.3, -0.25) is 9.69 Å². The second-order valence-corrected chi connectivity index (χ2v) is 7.46. The summed E-state index contributed by atoms with van der Waals surface area (Å²) in [6.45, 7) is 0.221. The van der Waals surface area contributed by atoms with Gasteiger partial charge in [0.15, 0.2) is 16.6 Å². The Balaban J connectivity index is 1.50. The van der Waals surface area contributed by atoms with Gasteiger partial charge in [0.2, 0.25) is 6.10 Å². The van der Waals surface area contributed by atoms with E-state index < -0.39 is 11.9 Å². The summed E-state index contributed by atoms with van der Waals surface area (Å²) in [5.41, 5.74) is 0.232. The van der Waals surface area contributed by atoms with E-state index in [4.69, 9.17) is 13.9 Å². The minimum absolute atomic E-state index is 0.0732. The normalized spacial score (nSPS) is 15.4. The molecule has 0 bridgehead atoms. The maximum atomic E-state index is 14.1. The molecule has 6 nitrogen and oxygen atoms in total. The van der Waals surface area contributed by atoms with Crippen molar-refractivity contribution in [2.45, 2.75) is 12.6 Å². The van der Waals surface area contributed by atoms with Crippen LogP contribution in [0.2, 0.25) is 0 Å². The van der Waals surface area contributed by atoms with Crippen LogP contribution in [-0.4, -0.2) is 23.6 Å². The number of hydrogen-bond donors (Lipinski definition) is 0. The van der Waals surface area contributed by atoms with Gasteiger partial charge < -0.3 is 13.9 Å². The van der Waals surface area contributed by atoms with Gasteiger partial charge in [0, 0.05) is 0 Å². The third-order valence-electron chi connectivity index (χ3n) is 4.53. The van der Waals surface area contributed by atoms with Crippen LogP contribution in [0.4, 0.5) is 9.52 Å². The number of aromatic nitrogens is 1. The van der Waals surface area contributed by atoms with Crippen molar-refractivity contribution in [3.63, 3.8) is 0 Å². The Morgan fingerprint density at radius 1 is 1.14 bits per heavy atom. The Kier molecular flexibility index (Phi) is 4.40. The molecule has 4 aromatic rings. The van der Waals surface area contributed by atoms with Crippen molar-refractivity contribution >= 4 is 32.6 Å². The first-order valence-electron chi connectivity index (χ1n) is 8.96. The van der Waals surface area contributed by atoms with Gasteiger partial charge in [0.05, 0.1) is 17.5 Å². The summed E-state index contributed by atoms with van der Waals surface area (Å²) in [6.07, 6.45) is 0.684. The van der Waals surface area contributed by atoms with E-state index in [-0.39, 0.29) is 24.6 Å². The zero-order valence-electron chi connectivity index (χ0n) is 15.1. The number of benzene rings is 2. The molecule has 1 unspecified atom stereocenters. The Morgan fingerprint density at radius 3 is 2.79 bits per heavy atom. The maximum Gasteiger partial charge on any atom is 0.273 e. The van der Waals surface area contributed by atoms with Crippen LogP contribution < -0.4 is 14.4 Å². The van der Waals surface area contributed by atoms with E-state index in [1.54, 1.807) is 36.4 Å². The molecule has 0 saturated carbocycles. The van der Waals surface area contributed by atoms with Gasteiger partial charge in [-0.05, 0) is 36.4 Å². The highest BCUT2D eigenvalue weighted by Crippen LogP contribution is 2.34. The molecule has 0 aliphatic carbocycles. The number of amides is 1. The third kappa shape index (κ3) is 3.31. The van der Waals surface area contributed by atoms with Gasteiger partial charge in [0.25, 0.3) is 5.91 Å². The minimum atomic E-state index is -0.850. The molecule has 146 valence electrons. The van der Waals surface area contributed by atoms with E-state index in [9.17, 15) is 9.18 Å². The van der Waals surface area contributed by atoms with Crippen molar-refractivity contribution in [1.82, 2.24) is 4.98 Å². The van der Waals surface area contributed by atoms with E-state index in [1.165, 1.54) is 28.6 Å². The lowest BCUT2D eigenvalue weighted by molar-refractivity contribution is -0.127. The van der Waals surface area contributed by atoms with Crippen LogP contribution in [0.25, 0.3) is 10.2 Å². The number of carbonyl (C=O) groups excluding carboxylic acids is 1. The first-order chi connectivity index (χ1) is 14.2. The van der Waals surface area contributed by atoms with Crippen molar-refractivity contribution in [1.29, 1.82) is 0 Å². The number of nitrogens with zero attached hydrogens (tertiary/aromatic N) is 2. The molecular weight excluding hydrogens is 395 g/mol. The van der Waals surface area contributed by atoms with Crippen LogP contribution in [0.3, 0.4) is 0 Å². The largest absolute Gasteiger partial charge is 0.485 e. The van der Waals surface area contributed by atoms with Crippen LogP contribution >= 0.6 is 11.3 Å². The molecule has 1 aliphatic heterocycles. The number of thiazole rings is 1. The van der Waals surface area contributed by atoms with Gasteiger partial charge in [-0.15, -0.1) is 0 Å². The molecule has 0 fully saturated rings. The molecule has 29 heavy (non-hydrogen) atoms. The van der Waals surface area contributed by atoms with E-state index >= 15 is 0 Å². The summed E-state index contributed by atoms with van der Waals surface area (Å²) >= 11 is 1.24. The van der Waals surface area contributed by atoms with Gasteiger partial charge in [-0.2, -0.15) is 0 Å². The monoisotopic (exact) mass is 410 g/mol. The average Bonchev–Trinajstić information content (AvgIpc) is 3.41. The van der Waals surface area contributed by atoms with E-state index in [1.807, 2.05) is 12.1 Å². The van der Waals surface area contributed by atoms with Gasteiger partial charge in [-0.25, -0.2) is 9.37 Å². The van der Waals surface area contributed by atoms with E-state index in [0.29, 0.717) is 27.1 Å². The Bertz CT molecular complexity index is 1170. The molecule has 0 saturated heterocycles. The molecule has 1 aliphatic rings. The molecule has 1 amide bonds. The van der Waals surface area contributed by atoms with Crippen LogP contribution in [0.1, 0.15) is 5.76 Å². The first-order valence-corrected chi connectivity index (χ1v) is 9.78. The molecular formula is C21H15FN2O4S. The molecule has 3 heterocycles. The van der Waals surface area contributed by atoms with Crippen LogP contribution in [0.15, 0.2) is 65.3 Å². The number of furan rings is 1. The summed E-state index contributed by atoms with van der Waals surface area (Å²) in [6, 6.07) is 15.4. The molecule has 1 atom stereocenters. The van der Waals surface area contributed by atoms with Crippen molar-refractivity contribution in [3.05, 3.63) is 72.4 Å². The quantitative estimate of drug-likeness (QED) is 0.499. The number of ether oxygens (including phenoxy) is 2. The van der Waals surface area contributed by atoms with Crippen LogP contribution in [-0.2, 0) is 11.3 Å². The van der Waals surface area contributed by atoms with Gasteiger partial charge in [-0.1, -0.05) is 29.5 Å². The fourth-order valence-corrected chi connectivity index (χ4v) is 4.12. The predicted molar refractivity (Wildman–Crippen MR) is 106 cm³/mol. The van der Waals surface area contributed by atoms with Crippen molar-refractivity contribution in [2.75, 3.05) is 11.5 Å². The van der Waals surface area contributed by atoms with Crippen LogP contribution in [0.5, 0.6) is 11.5 Å². The number of halogens is 1. The lowest BCUT2D eigenvalue weighted by atomic mass is 10.2. The average molecular weight is 410 g/mol. The van der Waals surface area contributed by atoms with Gasteiger partial charge in [0.1, 0.15) is 23.7 Å². The number of fused-ring (bicyclic) bond motifs is 2.